The summed E-state index contributed by atoms with van der Waals surface area (Å²) in [4.78, 5) is 0. The molecular formula is C20H37N. The molecule has 1 aliphatic heterocycles. The minimum atomic E-state index is 0.402. The van der Waals surface area contributed by atoms with Gasteiger partial charge in [-0.2, -0.15) is 0 Å². The van der Waals surface area contributed by atoms with Gasteiger partial charge in [0.15, 0.2) is 0 Å². The number of fused-ring (bicyclic) bond motifs is 4. The summed E-state index contributed by atoms with van der Waals surface area (Å²) in [6.07, 6.45) is 17.5. The molecule has 2 bridgehead atoms. The second-order valence-corrected chi connectivity index (χ2v) is 9.22. The van der Waals surface area contributed by atoms with Crippen molar-refractivity contribution >= 4 is 0 Å². The van der Waals surface area contributed by atoms with Gasteiger partial charge in [0, 0.05) is 11.1 Å². The van der Waals surface area contributed by atoms with Gasteiger partial charge < -0.3 is 5.32 Å². The SMILES string of the molecule is CC1CCCCC2CC(C)(C1)NC1(C)CCCCCCC21. The standard InChI is InChI=1S/C20H37N/c1-16-10-7-8-11-17-15-19(2,14-16)21-20(3)13-9-5-4-6-12-18(17)20/h16-18,21H,4-15H2,1-3H3. The van der Waals surface area contributed by atoms with Crippen molar-refractivity contribution in [3.63, 3.8) is 0 Å². The molecule has 0 spiro atoms. The van der Waals surface area contributed by atoms with Gasteiger partial charge in [-0.05, 0) is 57.3 Å². The Morgan fingerprint density at radius 2 is 1.52 bits per heavy atom. The van der Waals surface area contributed by atoms with Crippen molar-refractivity contribution in [2.45, 2.75) is 109 Å². The Morgan fingerprint density at radius 3 is 2.38 bits per heavy atom. The van der Waals surface area contributed by atoms with Crippen LogP contribution in [0.25, 0.3) is 0 Å². The molecule has 1 nitrogen and oxygen atoms in total. The molecule has 3 rings (SSSR count). The van der Waals surface area contributed by atoms with E-state index in [9.17, 15) is 0 Å². The molecule has 0 aromatic rings. The van der Waals surface area contributed by atoms with E-state index in [0.717, 1.165) is 17.8 Å². The summed E-state index contributed by atoms with van der Waals surface area (Å²) in [5.41, 5.74) is 0.820. The molecule has 2 saturated carbocycles. The molecule has 0 amide bonds. The second kappa shape index (κ2) is 6.22. The summed E-state index contributed by atoms with van der Waals surface area (Å²) in [5, 5.41) is 4.23. The molecule has 3 fully saturated rings. The van der Waals surface area contributed by atoms with E-state index in [1.807, 2.05) is 0 Å². The van der Waals surface area contributed by atoms with Crippen LogP contribution in [-0.2, 0) is 0 Å². The average molecular weight is 292 g/mol. The Balaban J connectivity index is 1.87. The third kappa shape index (κ3) is 3.49. The van der Waals surface area contributed by atoms with Gasteiger partial charge in [-0.3, -0.25) is 0 Å². The third-order valence-corrected chi connectivity index (χ3v) is 6.97. The van der Waals surface area contributed by atoms with Crippen LogP contribution >= 0.6 is 0 Å². The highest BCUT2D eigenvalue weighted by molar-refractivity contribution is 5.06. The number of hydrogen-bond acceptors (Lipinski definition) is 1. The van der Waals surface area contributed by atoms with Gasteiger partial charge in [0.05, 0.1) is 0 Å². The fraction of sp³-hybridized carbons (Fsp3) is 1.00. The summed E-state index contributed by atoms with van der Waals surface area (Å²) >= 11 is 0. The molecule has 1 heterocycles. The third-order valence-electron chi connectivity index (χ3n) is 6.97. The molecular weight excluding hydrogens is 254 g/mol. The van der Waals surface area contributed by atoms with Gasteiger partial charge >= 0.3 is 0 Å². The normalized spacial score (nSPS) is 49.0. The maximum absolute atomic E-state index is 4.23. The largest absolute Gasteiger partial charge is 0.306 e. The van der Waals surface area contributed by atoms with Crippen molar-refractivity contribution in [1.29, 1.82) is 0 Å². The highest BCUT2D eigenvalue weighted by Crippen LogP contribution is 2.48. The quantitative estimate of drug-likeness (QED) is 0.605. The van der Waals surface area contributed by atoms with Crippen molar-refractivity contribution in [2.24, 2.45) is 17.8 Å². The predicted molar refractivity (Wildman–Crippen MR) is 91.5 cm³/mol. The summed E-state index contributed by atoms with van der Waals surface area (Å²) < 4.78 is 0. The molecule has 122 valence electrons. The first-order chi connectivity index (χ1) is 10.0. The van der Waals surface area contributed by atoms with Crippen molar-refractivity contribution in [3.8, 4) is 0 Å². The van der Waals surface area contributed by atoms with Gasteiger partial charge in [0.1, 0.15) is 0 Å². The van der Waals surface area contributed by atoms with Gasteiger partial charge in [-0.25, -0.2) is 0 Å². The molecule has 3 aliphatic rings. The highest BCUT2D eigenvalue weighted by Gasteiger charge is 2.49. The Hall–Kier alpha value is -0.0400. The van der Waals surface area contributed by atoms with Gasteiger partial charge in [-0.1, -0.05) is 58.3 Å². The molecule has 1 saturated heterocycles. The van der Waals surface area contributed by atoms with Crippen LogP contribution in [-0.4, -0.2) is 11.1 Å². The molecule has 5 atom stereocenters. The number of piperidine rings is 1. The molecule has 1 heteroatoms. The Labute approximate surface area is 132 Å². The van der Waals surface area contributed by atoms with Crippen LogP contribution in [0.15, 0.2) is 0 Å². The molecule has 0 aromatic carbocycles. The number of rotatable bonds is 0. The van der Waals surface area contributed by atoms with E-state index in [0.29, 0.717) is 11.1 Å². The average Bonchev–Trinajstić information content (AvgIpc) is 2.42. The van der Waals surface area contributed by atoms with Crippen LogP contribution in [0.2, 0.25) is 0 Å². The monoisotopic (exact) mass is 291 g/mol. The van der Waals surface area contributed by atoms with E-state index in [4.69, 9.17) is 0 Å². The van der Waals surface area contributed by atoms with E-state index in [1.165, 1.54) is 77.0 Å². The molecule has 0 radical (unpaired) electrons. The topological polar surface area (TPSA) is 12.0 Å². The van der Waals surface area contributed by atoms with Gasteiger partial charge in [0.2, 0.25) is 0 Å². The first-order valence-electron chi connectivity index (χ1n) is 9.80. The summed E-state index contributed by atoms with van der Waals surface area (Å²) in [5.74, 6) is 2.83. The minimum absolute atomic E-state index is 0.402. The Kier molecular flexibility index (Phi) is 4.69. The van der Waals surface area contributed by atoms with Crippen LogP contribution in [0.5, 0.6) is 0 Å². The van der Waals surface area contributed by atoms with E-state index >= 15 is 0 Å². The minimum Gasteiger partial charge on any atom is -0.306 e. The van der Waals surface area contributed by atoms with Gasteiger partial charge in [-0.15, -0.1) is 0 Å². The van der Waals surface area contributed by atoms with Crippen molar-refractivity contribution in [3.05, 3.63) is 0 Å². The zero-order valence-electron chi connectivity index (χ0n) is 14.7. The predicted octanol–water partition coefficient (Wildman–Crippen LogP) is 5.68. The first kappa shape index (κ1) is 15.8. The lowest BCUT2D eigenvalue weighted by molar-refractivity contribution is 0.00605. The van der Waals surface area contributed by atoms with E-state index < -0.39 is 0 Å². The maximum Gasteiger partial charge on any atom is 0.0189 e. The first-order valence-corrected chi connectivity index (χ1v) is 9.80. The van der Waals surface area contributed by atoms with Crippen molar-refractivity contribution in [2.75, 3.05) is 0 Å². The fourth-order valence-corrected chi connectivity index (χ4v) is 6.29. The van der Waals surface area contributed by atoms with Crippen LogP contribution in [0.3, 0.4) is 0 Å². The lowest BCUT2D eigenvalue weighted by atomic mass is 9.61. The fourth-order valence-electron chi connectivity index (χ4n) is 6.29. The zero-order valence-corrected chi connectivity index (χ0v) is 14.7. The number of nitrogens with one attached hydrogen (secondary N) is 1. The van der Waals surface area contributed by atoms with E-state index in [1.54, 1.807) is 0 Å². The Bertz CT molecular complexity index is 352. The lowest BCUT2D eigenvalue weighted by Gasteiger charge is -2.56. The lowest BCUT2D eigenvalue weighted by Crippen LogP contribution is -2.65. The maximum atomic E-state index is 4.23. The summed E-state index contributed by atoms with van der Waals surface area (Å²) in [6, 6.07) is 0. The van der Waals surface area contributed by atoms with Crippen molar-refractivity contribution in [1.82, 2.24) is 5.32 Å². The van der Waals surface area contributed by atoms with E-state index in [2.05, 4.69) is 26.1 Å². The summed E-state index contributed by atoms with van der Waals surface area (Å²) in [7, 11) is 0. The van der Waals surface area contributed by atoms with E-state index in [-0.39, 0.29) is 0 Å². The van der Waals surface area contributed by atoms with Crippen LogP contribution < -0.4 is 5.32 Å². The molecule has 0 aromatic heterocycles. The highest BCUT2D eigenvalue weighted by atomic mass is 15.1. The van der Waals surface area contributed by atoms with Crippen LogP contribution in [0, 0.1) is 17.8 Å². The smallest absolute Gasteiger partial charge is 0.0189 e. The summed E-state index contributed by atoms with van der Waals surface area (Å²) in [6.45, 7) is 7.61. The van der Waals surface area contributed by atoms with Crippen LogP contribution in [0.1, 0.15) is 97.8 Å². The molecule has 21 heavy (non-hydrogen) atoms. The zero-order chi connectivity index (χ0) is 14.9. The molecule has 1 N–H and O–H groups in total. The Morgan fingerprint density at radius 1 is 0.810 bits per heavy atom. The van der Waals surface area contributed by atoms with Crippen LogP contribution in [0.4, 0.5) is 0 Å². The molecule has 2 aliphatic carbocycles. The molecule has 5 unspecified atom stereocenters. The van der Waals surface area contributed by atoms with Crippen molar-refractivity contribution < 1.29 is 0 Å². The van der Waals surface area contributed by atoms with Gasteiger partial charge in [0.25, 0.3) is 0 Å². The second-order valence-electron chi connectivity index (χ2n) is 9.22. The number of hydrogen-bond donors (Lipinski definition) is 1.